The Labute approximate surface area is 85.3 Å². The summed E-state index contributed by atoms with van der Waals surface area (Å²) in [7, 11) is 1.97. The number of likely N-dealkylation sites (N-methyl/N-ethyl adjacent to an activating group) is 1. The Morgan fingerprint density at radius 2 is 2.36 bits per heavy atom. The van der Waals surface area contributed by atoms with Crippen molar-refractivity contribution in [1.29, 1.82) is 0 Å². The van der Waals surface area contributed by atoms with Crippen molar-refractivity contribution in [3.8, 4) is 0 Å². The number of aryl methyl sites for hydroxylation is 1. The molecule has 0 spiro atoms. The zero-order valence-corrected chi connectivity index (χ0v) is 8.84. The lowest BCUT2D eigenvalue weighted by atomic mass is 9.93. The lowest BCUT2D eigenvalue weighted by Crippen LogP contribution is -2.26. The number of benzene rings is 1. The zero-order valence-electron chi connectivity index (χ0n) is 8.84. The normalized spacial score (nSPS) is 20.6. The first-order valence-corrected chi connectivity index (χ1v) is 5.17. The van der Waals surface area contributed by atoms with Crippen LogP contribution in [0.5, 0.6) is 0 Å². The van der Waals surface area contributed by atoms with E-state index in [4.69, 9.17) is 4.74 Å². The number of nitrogens with one attached hydrogen (secondary N) is 1. The standard InChI is InChI=1S/C12H17NO/c1-9-4-3-5-10-6-7-14-11(8-13-2)12(9)10/h3-5,11,13H,6-8H2,1-2H3/t11-/m1/s1. The quantitative estimate of drug-likeness (QED) is 0.770. The van der Waals surface area contributed by atoms with Crippen molar-refractivity contribution in [3.63, 3.8) is 0 Å². The molecule has 0 aliphatic carbocycles. The molecular formula is C12H17NO. The molecular weight excluding hydrogens is 174 g/mol. The predicted molar refractivity (Wildman–Crippen MR) is 57.5 cm³/mol. The highest BCUT2D eigenvalue weighted by molar-refractivity contribution is 5.37. The molecule has 1 aromatic rings. The average molecular weight is 191 g/mol. The summed E-state index contributed by atoms with van der Waals surface area (Å²) in [6.07, 6.45) is 1.29. The van der Waals surface area contributed by atoms with E-state index in [1.165, 1.54) is 16.7 Å². The summed E-state index contributed by atoms with van der Waals surface area (Å²) in [6.45, 7) is 3.91. The van der Waals surface area contributed by atoms with Gasteiger partial charge in [0.2, 0.25) is 0 Å². The second-order valence-corrected chi connectivity index (χ2v) is 3.81. The smallest absolute Gasteiger partial charge is 0.0954 e. The van der Waals surface area contributed by atoms with Crippen LogP contribution in [0.4, 0.5) is 0 Å². The van der Waals surface area contributed by atoms with Crippen LogP contribution in [0.3, 0.4) is 0 Å². The molecule has 14 heavy (non-hydrogen) atoms. The van der Waals surface area contributed by atoms with Gasteiger partial charge in [0.15, 0.2) is 0 Å². The van der Waals surface area contributed by atoms with E-state index in [2.05, 4.69) is 30.4 Å². The van der Waals surface area contributed by atoms with Crippen LogP contribution in [0.1, 0.15) is 22.8 Å². The zero-order chi connectivity index (χ0) is 9.97. The number of fused-ring (bicyclic) bond motifs is 1. The minimum absolute atomic E-state index is 0.241. The molecule has 2 rings (SSSR count). The maximum absolute atomic E-state index is 5.76. The Kier molecular flexibility index (Phi) is 2.85. The van der Waals surface area contributed by atoms with Gasteiger partial charge in [-0.15, -0.1) is 0 Å². The molecule has 0 amide bonds. The van der Waals surface area contributed by atoms with Gasteiger partial charge in [-0.1, -0.05) is 18.2 Å². The summed E-state index contributed by atoms with van der Waals surface area (Å²) in [6, 6.07) is 6.51. The number of rotatable bonds is 2. The van der Waals surface area contributed by atoms with Crippen molar-refractivity contribution >= 4 is 0 Å². The topological polar surface area (TPSA) is 21.3 Å². The molecule has 1 heterocycles. The van der Waals surface area contributed by atoms with E-state index in [0.717, 1.165) is 19.6 Å². The number of hydrogen-bond acceptors (Lipinski definition) is 2. The molecule has 2 nitrogen and oxygen atoms in total. The van der Waals surface area contributed by atoms with E-state index in [-0.39, 0.29) is 6.10 Å². The third-order valence-electron chi connectivity index (χ3n) is 2.82. The van der Waals surface area contributed by atoms with Gasteiger partial charge in [0.05, 0.1) is 12.7 Å². The fourth-order valence-corrected chi connectivity index (χ4v) is 2.16. The summed E-state index contributed by atoms with van der Waals surface area (Å²) in [4.78, 5) is 0. The van der Waals surface area contributed by atoms with Crippen LogP contribution in [0.15, 0.2) is 18.2 Å². The minimum atomic E-state index is 0.241. The Hall–Kier alpha value is -0.860. The van der Waals surface area contributed by atoms with Gasteiger partial charge in [-0.2, -0.15) is 0 Å². The van der Waals surface area contributed by atoms with Gasteiger partial charge in [0.25, 0.3) is 0 Å². The van der Waals surface area contributed by atoms with Gasteiger partial charge in [0.1, 0.15) is 0 Å². The fourth-order valence-electron chi connectivity index (χ4n) is 2.16. The minimum Gasteiger partial charge on any atom is -0.372 e. The highest BCUT2D eigenvalue weighted by Gasteiger charge is 2.21. The SMILES string of the molecule is CNC[C@H]1OCCc2cccc(C)c21. The largest absolute Gasteiger partial charge is 0.372 e. The molecule has 0 radical (unpaired) electrons. The van der Waals surface area contributed by atoms with E-state index in [9.17, 15) is 0 Å². The average Bonchev–Trinajstić information content (AvgIpc) is 2.19. The highest BCUT2D eigenvalue weighted by atomic mass is 16.5. The van der Waals surface area contributed by atoms with E-state index in [1.54, 1.807) is 0 Å². The number of ether oxygens (including phenoxy) is 1. The van der Waals surface area contributed by atoms with Crippen LogP contribution >= 0.6 is 0 Å². The summed E-state index contributed by atoms with van der Waals surface area (Å²) in [5.74, 6) is 0. The van der Waals surface area contributed by atoms with Gasteiger partial charge >= 0.3 is 0 Å². The van der Waals surface area contributed by atoms with Crippen molar-refractivity contribution in [3.05, 3.63) is 34.9 Å². The van der Waals surface area contributed by atoms with Crippen molar-refractivity contribution in [2.45, 2.75) is 19.4 Å². The number of hydrogen-bond donors (Lipinski definition) is 1. The Balaban J connectivity index is 2.36. The fraction of sp³-hybridized carbons (Fsp3) is 0.500. The predicted octanol–water partition coefficient (Wildman–Crippen LogP) is 1.83. The van der Waals surface area contributed by atoms with Crippen LogP contribution in [-0.4, -0.2) is 20.2 Å². The van der Waals surface area contributed by atoms with Gasteiger partial charge in [-0.3, -0.25) is 0 Å². The molecule has 0 fully saturated rings. The molecule has 1 N–H and O–H groups in total. The van der Waals surface area contributed by atoms with E-state index in [0.29, 0.717) is 0 Å². The third-order valence-corrected chi connectivity index (χ3v) is 2.82. The van der Waals surface area contributed by atoms with Crippen LogP contribution in [0, 0.1) is 6.92 Å². The monoisotopic (exact) mass is 191 g/mol. The molecule has 1 aliphatic rings. The van der Waals surface area contributed by atoms with Gasteiger partial charge in [-0.25, -0.2) is 0 Å². The molecule has 2 heteroatoms. The summed E-state index contributed by atoms with van der Waals surface area (Å²) in [5, 5.41) is 3.18. The first-order chi connectivity index (χ1) is 6.83. The highest BCUT2D eigenvalue weighted by Crippen LogP contribution is 2.29. The van der Waals surface area contributed by atoms with E-state index >= 15 is 0 Å². The van der Waals surface area contributed by atoms with Crippen LogP contribution < -0.4 is 5.32 Å². The lowest BCUT2D eigenvalue weighted by molar-refractivity contribution is 0.0433. The molecule has 1 aliphatic heterocycles. The maximum Gasteiger partial charge on any atom is 0.0954 e. The van der Waals surface area contributed by atoms with E-state index < -0.39 is 0 Å². The van der Waals surface area contributed by atoms with Crippen LogP contribution in [0.25, 0.3) is 0 Å². The van der Waals surface area contributed by atoms with Gasteiger partial charge in [-0.05, 0) is 37.1 Å². The second kappa shape index (κ2) is 4.11. The summed E-state index contributed by atoms with van der Waals surface area (Å²) >= 11 is 0. The first kappa shape index (κ1) is 9.69. The van der Waals surface area contributed by atoms with Crippen LogP contribution in [-0.2, 0) is 11.2 Å². The maximum atomic E-state index is 5.76. The molecule has 1 aromatic carbocycles. The van der Waals surface area contributed by atoms with Crippen molar-refractivity contribution in [2.24, 2.45) is 0 Å². The molecule has 76 valence electrons. The van der Waals surface area contributed by atoms with Crippen molar-refractivity contribution in [1.82, 2.24) is 5.32 Å². The lowest BCUT2D eigenvalue weighted by Gasteiger charge is -2.27. The molecule has 0 saturated carbocycles. The molecule has 1 atom stereocenters. The Bertz CT molecular complexity index is 322. The first-order valence-electron chi connectivity index (χ1n) is 5.17. The molecule has 0 bridgehead atoms. The van der Waals surface area contributed by atoms with Crippen molar-refractivity contribution in [2.75, 3.05) is 20.2 Å². The van der Waals surface area contributed by atoms with Crippen molar-refractivity contribution < 1.29 is 4.74 Å². The Morgan fingerprint density at radius 1 is 1.50 bits per heavy atom. The molecule has 0 saturated heterocycles. The molecule has 0 unspecified atom stereocenters. The molecule has 0 aromatic heterocycles. The Morgan fingerprint density at radius 3 is 3.14 bits per heavy atom. The summed E-state index contributed by atoms with van der Waals surface area (Å²) in [5.41, 5.74) is 4.20. The summed E-state index contributed by atoms with van der Waals surface area (Å²) < 4.78 is 5.76. The van der Waals surface area contributed by atoms with Gasteiger partial charge in [0, 0.05) is 6.54 Å². The van der Waals surface area contributed by atoms with Crippen LogP contribution in [0.2, 0.25) is 0 Å². The van der Waals surface area contributed by atoms with Gasteiger partial charge < -0.3 is 10.1 Å². The second-order valence-electron chi connectivity index (χ2n) is 3.81. The third kappa shape index (κ3) is 1.68. The van der Waals surface area contributed by atoms with E-state index in [1.807, 2.05) is 7.05 Å².